The summed E-state index contributed by atoms with van der Waals surface area (Å²) in [5.74, 6) is 0. The number of fused-ring (bicyclic) bond motifs is 1. The highest BCUT2D eigenvalue weighted by Gasteiger charge is 2.19. The molecule has 1 unspecified atom stereocenters. The van der Waals surface area contributed by atoms with E-state index in [2.05, 4.69) is 85.6 Å². The molecular formula is C25H28N2O2. The number of benzene rings is 3. The lowest BCUT2D eigenvalue weighted by Gasteiger charge is -2.24. The van der Waals surface area contributed by atoms with E-state index in [1.54, 1.807) is 0 Å². The number of amides is 1. The Bertz CT molecular complexity index is 978. The van der Waals surface area contributed by atoms with Crippen molar-refractivity contribution in [2.45, 2.75) is 39.2 Å². The van der Waals surface area contributed by atoms with Crippen LogP contribution in [-0.4, -0.2) is 17.6 Å². The van der Waals surface area contributed by atoms with Gasteiger partial charge < -0.3 is 16.2 Å². The van der Waals surface area contributed by atoms with Crippen molar-refractivity contribution < 1.29 is 9.90 Å². The minimum atomic E-state index is -0.230. The number of nitrogens with two attached hydrogens (primary N) is 1. The van der Waals surface area contributed by atoms with E-state index in [9.17, 15) is 5.11 Å². The number of aliphatic hydroxyl groups excluding tert-OH is 1. The summed E-state index contributed by atoms with van der Waals surface area (Å²) in [6.45, 7) is 4.28. The Morgan fingerprint density at radius 2 is 1.69 bits per heavy atom. The van der Waals surface area contributed by atoms with Crippen LogP contribution in [0, 0.1) is 13.8 Å². The van der Waals surface area contributed by atoms with Gasteiger partial charge in [-0.3, -0.25) is 4.79 Å². The first-order valence-corrected chi connectivity index (χ1v) is 9.90. The van der Waals surface area contributed by atoms with Gasteiger partial charge in [0.1, 0.15) is 0 Å². The van der Waals surface area contributed by atoms with E-state index in [4.69, 9.17) is 4.79 Å². The van der Waals surface area contributed by atoms with E-state index < -0.39 is 0 Å². The summed E-state index contributed by atoms with van der Waals surface area (Å²) in [6, 6.07) is 21.6. The molecule has 0 fully saturated rings. The summed E-state index contributed by atoms with van der Waals surface area (Å²) in [7, 11) is 0. The van der Waals surface area contributed by atoms with Crippen LogP contribution >= 0.6 is 0 Å². The molecule has 4 N–H and O–H groups in total. The number of carbonyl (C=O) groups is 1. The number of rotatable bonds is 3. The van der Waals surface area contributed by atoms with Gasteiger partial charge in [0.15, 0.2) is 0 Å². The molecule has 0 spiro atoms. The lowest BCUT2D eigenvalue weighted by molar-refractivity contribution is -0.106. The lowest BCUT2D eigenvalue weighted by atomic mass is 9.88. The molecule has 4 nitrogen and oxygen atoms in total. The van der Waals surface area contributed by atoms with Gasteiger partial charge in [0.2, 0.25) is 6.41 Å². The fourth-order valence-corrected chi connectivity index (χ4v) is 3.96. The summed E-state index contributed by atoms with van der Waals surface area (Å²) >= 11 is 0. The Morgan fingerprint density at radius 1 is 1.00 bits per heavy atom. The third-order valence-electron chi connectivity index (χ3n) is 5.16. The van der Waals surface area contributed by atoms with E-state index in [1.165, 1.54) is 33.4 Å². The number of nitrogens with one attached hydrogen (secondary N) is 1. The zero-order chi connectivity index (χ0) is 20.8. The third-order valence-corrected chi connectivity index (χ3v) is 5.16. The molecule has 3 aromatic rings. The molecular weight excluding hydrogens is 360 g/mol. The average Bonchev–Trinajstić information content (AvgIpc) is 2.69. The highest BCUT2D eigenvalue weighted by molar-refractivity contribution is 5.73. The zero-order valence-corrected chi connectivity index (χ0v) is 17.0. The molecule has 4 rings (SSSR count). The second-order valence-corrected chi connectivity index (χ2v) is 7.56. The number of primary amides is 1. The van der Waals surface area contributed by atoms with Crippen molar-refractivity contribution in [3.8, 4) is 11.1 Å². The first-order valence-electron chi connectivity index (χ1n) is 9.90. The maximum atomic E-state index is 10.1. The van der Waals surface area contributed by atoms with Crippen LogP contribution in [0.25, 0.3) is 11.1 Å². The second-order valence-electron chi connectivity index (χ2n) is 7.56. The average molecular weight is 389 g/mol. The van der Waals surface area contributed by atoms with Gasteiger partial charge in [-0.1, -0.05) is 53.6 Å². The molecule has 1 aliphatic rings. The Kier molecular flexibility index (Phi) is 6.68. The maximum absolute atomic E-state index is 10.1. The van der Waals surface area contributed by atoms with Crippen LogP contribution in [-0.2, 0) is 17.6 Å². The van der Waals surface area contributed by atoms with Crippen LogP contribution < -0.4 is 11.1 Å². The maximum Gasteiger partial charge on any atom is 0.204 e. The second kappa shape index (κ2) is 9.39. The van der Waals surface area contributed by atoms with Gasteiger partial charge in [-0.15, -0.1) is 0 Å². The Labute approximate surface area is 172 Å². The minimum Gasteiger partial charge on any atom is -0.393 e. The monoisotopic (exact) mass is 388 g/mol. The molecule has 0 saturated heterocycles. The minimum absolute atomic E-state index is 0.230. The van der Waals surface area contributed by atoms with Crippen LogP contribution in [0.5, 0.6) is 0 Å². The highest BCUT2D eigenvalue weighted by Crippen LogP contribution is 2.32. The van der Waals surface area contributed by atoms with E-state index in [1.807, 2.05) is 0 Å². The van der Waals surface area contributed by atoms with Crippen molar-refractivity contribution in [3.05, 3.63) is 82.9 Å². The van der Waals surface area contributed by atoms with Crippen molar-refractivity contribution >= 4 is 17.8 Å². The molecule has 3 aromatic carbocycles. The molecule has 0 saturated carbocycles. The van der Waals surface area contributed by atoms with Gasteiger partial charge in [0, 0.05) is 17.8 Å². The molecule has 4 heteroatoms. The summed E-state index contributed by atoms with van der Waals surface area (Å²) < 4.78 is 0. The normalized spacial score (nSPS) is 14.9. The molecule has 1 amide bonds. The standard InChI is InChI=1S/C24H25NO.CH3NO/c1-16-11-17(2)13-20(12-16)19-6-3-7-21(14-19)25-24-8-4-5-18-9-10-22(26)15-23(18)24;2-1-3/h3-8,11-14,22,25-26H,9-10,15H2,1-2H3;1H,(H2,2,3). The SMILES string of the molecule is Cc1cc(C)cc(-c2cccc(Nc3cccc4c3CC(O)CC4)c2)c1.NC=O. The molecule has 1 aliphatic carbocycles. The highest BCUT2D eigenvalue weighted by atomic mass is 16.3. The smallest absolute Gasteiger partial charge is 0.204 e. The summed E-state index contributed by atoms with van der Waals surface area (Å²) in [5.41, 5.74) is 14.0. The summed E-state index contributed by atoms with van der Waals surface area (Å²) in [6.07, 6.45) is 2.56. The number of hydrogen-bond donors (Lipinski definition) is 3. The Hall–Kier alpha value is -3.11. The third kappa shape index (κ3) is 5.24. The van der Waals surface area contributed by atoms with E-state index in [0.717, 1.165) is 30.6 Å². The van der Waals surface area contributed by atoms with Gasteiger partial charge in [0.05, 0.1) is 6.10 Å². The quantitative estimate of drug-likeness (QED) is 0.571. The molecule has 0 heterocycles. The van der Waals surface area contributed by atoms with E-state index in [0.29, 0.717) is 0 Å². The first-order chi connectivity index (χ1) is 14.0. The fraction of sp³-hybridized carbons (Fsp3) is 0.240. The van der Waals surface area contributed by atoms with Gasteiger partial charge in [0.25, 0.3) is 0 Å². The topological polar surface area (TPSA) is 75.3 Å². The lowest BCUT2D eigenvalue weighted by Crippen LogP contribution is -2.19. The molecule has 1 atom stereocenters. The fourth-order valence-electron chi connectivity index (χ4n) is 3.96. The molecule has 150 valence electrons. The van der Waals surface area contributed by atoms with Crippen LogP contribution in [0.3, 0.4) is 0 Å². The van der Waals surface area contributed by atoms with Gasteiger partial charge in [-0.2, -0.15) is 0 Å². The van der Waals surface area contributed by atoms with Crippen molar-refractivity contribution in [1.29, 1.82) is 0 Å². The van der Waals surface area contributed by atoms with Crippen LogP contribution in [0.15, 0.2) is 60.7 Å². The van der Waals surface area contributed by atoms with Crippen molar-refractivity contribution in [3.63, 3.8) is 0 Å². The zero-order valence-electron chi connectivity index (χ0n) is 17.0. The molecule has 29 heavy (non-hydrogen) atoms. The summed E-state index contributed by atoms with van der Waals surface area (Å²) in [5, 5.41) is 13.6. The Balaban J connectivity index is 0.000000755. The molecule has 0 radical (unpaired) electrons. The Morgan fingerprint density at radius 3 is 2.41 bits per heavy atom. The van der Waals surface area contributed by atoms with Crippen LogP contribution in [0.2, 0.25) is 0 Å². The van der Waals surface area contributed by atoms with E-state index >= 15 is 0 Å². The number of aliphatic hydroxyl groups is 1. The van der Waals surface area contributed by atoms with Crippen molar-refractivity contribution in [2.75, 3.05) is 5.32 Å². The first kappa shape index (κ1) is 20.6. The van der Waals surface area contributed by atoms with Crippen LogP contribution in [0.1, 0.15) is 28.7 Å². The number of hydrogen-bond acceptors (Lipinski definition) is 3. The number of anilines is 2. The number of aryl methyl sites for hydroxylation is 3. The van der Waals surface area contributed by atoms with E-state index in [-0.39, 0.29) is 12.5 Å². The molecule has 0 bridgehead atoms. The largest absolute Gasteiger partial charge is 0.393 e. The molecule has 0 aliphatic heterocycles. The van der Waals surface area contributed by atoms with Crippen LogP contribution in [0.4, 0.5) is 11.4 Å². The van der Waals surface area contributed by atoms with Crippen molar-refractivity contribution in [2.24, 2.45) is 5.73 Å². The van der Waals surface area contributed by atoms with Gasteiger partial charge in [-0.05, 0) is 67.1 Å². The van der Waals surface area contributed by atoms with Gasteiger partial charge >= 0.3 is 0 Å². The van der Waals surface area contributed by atoms with Gasteiger partial charge in [-0.25, -0.2) is 0 Å². The predicted octanol–water partition coefficient (Wildman–Crippen LogP) is 4.67. The predicted molar refractivity (Wildman–Crippen MR) is 119 cm³/mol. The number of carbonyl (C=O) groups excluding carboxylic acids is 1. The van der Waals surface area contributed by atoms with Crippen molar-refractivity contribution in [1.82, 2.24) is 0 Å². The molecule has 0 aromatic heterocycles. The summed E-state index contributed by atoms with van der Waals surface area (Å²) in [4.78, 5) is 8.58.